The Morgan fingerprint density at radius 3 is 2.93 bits per heavy atom. The van der Waals surface area contributed by atoms with Crippen molar-refractivity contribution in [3.8, 4) is 0 Å². The van der Waals surface area contributed by atoms with E-state index in [4.69, 9.17) is 4.74 Å². The monoisotopic (exact) mass is 394 g/mol. The van der Waals surface area contributed by atoms with Crippen molar-refractivity contribution in [2.75, 3.05) is 52.5 Å². The molecule has 0 spiro atoms. The van der Waals surface area contributed by atoms with Crippen LogP contribution in [0.2, 0.25) is 0 Å². The minimum absolute atomic E-state index is 0.0612. The summed E-state index contributed by atoms with van der Waals surface area (Å²) in [6.07, 6.45) is 2.82. The normalized spacial score (nSPS) is 21.4. The third-order valence-corrected chi connectivity index (χ3v) is 6.22. The molecule has 3 rings (SSSR count). The number of morpholine rings is 1. The first-order valence-corrected chi connectivity index (χ1v) is 10.8. The number of amides is 2. The maximum absolute atomic E-state index is 12.5. The third kappa shape index (κ3) is 5.99. The number of aromatic nitrogens is 1. The molecular formula is C19H30N4O3S. The molecule has 3 heterocycles. The fourth-order valence-electron chi connectivity index (χ4n) is 3.49. The summed E-state index contributed by atoms with van der Waals surface area (Å²) in [5, 5.41) is 6.18. The van der Waals surface area contributed by atoms with Gasteiger partial charge in [-0.15, -0.1) is 11.3 Å². The zero-order valence-corrected chi connectivity index (χ0v) is 16.9. The number of hydrogen-bond donors (Lipinski definition) is 1. The molecule has 1 atom stereocenters. The maximum atomic E-state index is 12.5. The molecule has 1 aromatic rings. The third-order valence-electron chi connectivity index (χ3n) is 5.26. The second-order valence-electron chi connectivity index (χ2n) is 7.16. The molecule has 2 fully saturated rings. The van der Waals surface area contributed by atoms with E-state index in [9.17, 15) is 9.59 Å². The molecule has 0 unspecified atom stereocenters. The van der Waals surface area contributed by atoms with Crippen molar-refractivity contribution in [3.63, 3.8) is 0 Å². The number of nitrogens with zero attached hydrogens (tertiary/aromatic N) is 3. The van der Waals surface area contributed by atoms with Gasteiger partial charge in [0.1, 0.15) is 0 Å². The van der Waals surface area contributed by atoms with Crippen molar-refractivity contribution in [2.45, 2.75) is 32.6 Å². The summed E-state index contributed by atoms with van der Waals surface area (Å²) in [5.74, 6) is 0.128. The average molecular weight is 395 g/mol. The van der Waals surface area contributed by atoms with Gasteiger partial charge in [0.15, 0.2) is 0 Å². The van der Waals surface area contributed by atoms with E-state index in [1.807, 2.05) is 4.90 Å². The second kappa shape index (κ2) is 10.1. The standard InChI is InChI=1S/C19H30N4O3S/c1-2-16-14-27-17(21-16)5-6-20-19(25)15-3-4-18(24)23(13-15)8-7-22-9-11-26-12-10-22/h14-15H,2-13H2,1H3,(H,20,25)/t15-/m0/s1. The molecule has 0 bridgehead atoms. The largest absolute Gasteiger partial charge is 0.379 e. The molecular weight excluding hydrogens is 364 g/mol. The maximum Gasteiger partial charge on any atom is 0.224 e. The molecule has 0 saturated carbocycles. The molecule has 150 valence electrons. The van der Waals surface area contributed by atoms with E-state index in [0.29, 0.717) is 32.5 Å². The van der Waals surface area contributed by atoms with Gasteiger partial charge in [0.2, 0.25) is 11.8 Å². The molecule has 7 nitrogen and oxygen atoms in total. The van der Waals surface area contributed by atoms with Gasteiger partial charge in [-0.2, -0.15) is 0 Å². The van der Waals surface area contributed by atoms with Gasteiger partial charge in [-0.05, 0) is 12.8 Å². The Morgan fingerprint density at radius 1 is 1.37 bits per heavy atom. The summed E-state index contributed by atoms with van der Waals surface area (Å²) in [6.45, 7) is 8.14. The van der Waals surface area contributed by atoms with Crippen LogP contribution in [0.3, 0.4) is 0 Å². The fraction of sp³-hybridized carbons (Fsp3) is 0.737. The summed E-state index contributed by atoms with van der Waals surface area (Å²) in [5.41, 5.74) is 1.11. The van der Waals surface area contributed by atoms with E-state index < -0.39 is 0 Å². The van der Waals surface area contributed by atoms with E-state index in [2.05, 4.69) is 27.5 Å². The minimum atomic E-state index is -0.102. The zero-order chi connectivity index (χ0) is 19.1. The highest BCUT2D eigenvalue weighted by Crippen LogP contribution is 2.18. The summed E-state index contributed by atoms with van der Waals surface area (Å²) in [4.78, 5) is 33.4. The Kier molecular flexibility index (Phi) is 7.60. The van der Waals surface area contributed by atoms with E-state index in [1.165, 1.54) is 0 Å². The van der Waals surface area contributed by atoms with Crippen molar-refractivity contribution in [1.29, 1.82) is 0 Å². The lowest BCUT2D eigenvalue weighted by molar-refractivity contribution is -0.138. The lowest BCUT2D eigenvalue weighted by Gasteiger charge is -2.34. The van der Waals surface area contributed by atoms with Gasteiger partial charge in [-0.3, -0.25) is 14.5 Å². The Morgan fingerprint density at radius 2 is 2.19 bits per heavy atom. The molecule has 2 amide bonds. The number of carbonyl (C=O) groups excluding carboxylic acids is 2. The van der Waals surface area contributed by atoms with E-state index in [1.54, 1.807) is 11.3 Å². The van der Waals surface area contributed by atoms with Crippen LogP contribution in [0.4, 0.5) is 0 Å². The number of aryl methyl sites for hydroxylation is 1. The minimum Gasteiger partial charge on any atom is -0.379 e. The van der Waals surface area contributed by atoms with Gasteiger partial charge in [0.25, 0.3) is 0 Å². The van der Waals surface area contributed by atoms with Gasteiger partial charge < -0.3 is 15.0 Å². The summed E-state index contributed by atoms with van der Waals surface area (Å²) in [6, 6.07) is 0. The van der Waals surface area contributed by atoms with Crippen LogP contribution >= 0.6 is 11.3 Å². The van der Waals surface area contributed by atoms with Crippen molar-refractivity contribution in [1.82, 2.24) is 20.1 Å². The zero-order valence-electron chi connectivity index (χ0n) is 16.1. The Hall–Kier alpha value is -1.51. The number of thiazole rings is 1. The Balaban J connectivity index is 1.40. The molecule has 0 aromatic carbocycles. The number of piperidine rings is 1. The SMILES string of the molecule is CCc1csc(CCNC(=O)[C@H]2CCC(=O)N(CCN3CCOCC3)C2)n1. The Bertz CT molecular complexity index is 630. The van der Waals surface area contributed by atoms with E-state index in [-0.39, 0.29) is 17.7 Å². The molecule has 1 N–H and O–H groups in total. The molecule has 0 aliphatic carbocycles. The number of ether oxygens (including phenoxy) is 1. The average Bonchev–Trinajstić information content (AvgIpc) is 3.16. The quantitative estimate of drug-likeness (QED) is 0.710. The van der Waals surface area contributed by atoms with Crippen LogP contribution in [0, 0.1) is 5.92 Å². The predicted molar refractivity (Wildman–Crippen MR) is 105 cm³/mol. The Labute approximate surface area is 165 Å². The second-order valence-corrected chi connectivity index (χ2v) is 8.10. The number of likely N-dealkylation sites (tertiary alicyclic amines) is 1. The van der Waals surface area contributed by atoms with Gasteiger partial charge in [0, 0.05) is 57.5 Å². The van der Waals surface area contributed by atoms with Crippen LogP contribution in [0.5, 0.6) is 0 Å². The summed E-state index contributed by atoms with van der Waals surface area (Å²) >= 11 is 1.65. The first kappa shape index (κ1) is 20.2. The van der Waals surface area contributed by atoms with Gasteiger partial charge >= 0.3 is 0 Å². The van der Waals surface area contributed by atoms with Crippen molar-refractivity contribution in [3.05, 3.63) is 16.1 Å². The molecule has 2 saturated heterocycles. The topological polar surface area (TPSA) is 74.8 Å². The van der Waals surface area contributed by atoms with Crippen LogP contribution in [0.1, 0.15) is 30.5 Å². The number of rotatable bonds is 8. The van der Waals surface area contributed by atoms with Crippen molar-refractivity contribution in [2.24, 2.45) is 5.92 Å². The highest BCUT2D eigenvalue weighted by Gasteiger charge is 2.30. The van der Waals surface area contributed by atoms with Crippen LogP contribution in [0.15, 0.2) is 5.38 Å². The van der Waals surface area contributed by atoms with Crippen molar-refractivity contribution >= 4 is 23.2 Å². The van der Waals surface area contributed by atoms with Crippen LogP contribution in [0.25, 0.3) is 0 Å². The number of hydrogen-bond acceptors (Lipinski definition) is 6. The van der Waals surface area contributed by atoms with E-state index in [0.717, 1.165) is 56.4 Å². The van der Waals surface area contributed by atoms with Crippen molar-refractivity contribution < 1.29 is 14.3 Å². The highest BCUT2D eigenvalue weighted by molar-refractivity contribution is 7.09. The first-order valence-electron chi connectivity index (χ1n) is 9.94. The molecule has 0 radical (unpaired) electrons. The van der Waals surface area contributed by atoms with Crippen LogP contribution in [-0.4, -0.2) is 79.1 Å². The van der Waals surface area contributed by atoms with Crippen LogP contribution in [-0.2, 0) is 27.2 Å². The van der Waals surface area contributed by atoms with Gasteiger partial charge in [-0.1, -0.05) is 6.92 Å². The predicted octanol–water partition coefficient (Wildman–Crippen LogP) is 0.935. The highest BCUT2D eigenvalue weighted by atomic mass is 32.1. The molecule has 8 heteroatoms. The molecule has 2 aliphatic heterocycles. The molecule has 2 aliphatic rings. The smallest absolute Gasteiger partial charge is 0.224 e. The first-order chi connectivity index (χ1) is 13.2. The van der Waals surface area contributed by atoms with Gasteiger partial charge in [-0.25, -0.2) is 4.98 Å². The van der Waals surface area contributed by atoms with E-state index >= 15 is 0 Å². The lowest BCUT2D eigenvalue weighted by atomic mass is 9.96. The van der Waals surface area contributed by atoms with Gasteiger partial charge in [0.05, 0.1) is 29.8 Å². The van der Waals surface area contributed by atoms with Crippen LogP contribution < -0.4 is 5.32 Å². The fourth-order valence-corrected chi connectivity index (χ4v) is 4.38. The molecule has 27 heavy (non-hydrogen) atoms. The number of nitrogens with one attached hydrogen (secondary N) is 1. The number of carbonyl (C=O) groups is 2. The molecule has 1 aromatic heterocycles. The lowest BCUT2D eigenvalue weighted by Crippen LogP contribution is -2.49. The summed E-state index contributed by atoms with van der Waals surface area (Å²) in [7, 11) is 0. The summed E-state index contributed by atoms with van der Waals surface area (Å²) < 4.78 is 5.36.